The summed E-state index contributed by atoms with van der Waals surface area (Å²) in [6.45, 7) is 11.7. The predicted molar refractivity (Wildman–Crippen MR) is 88.3 cm³/mol. The van der Waals surface area contributed by atoms with Gasteiger partial charge in [0.15, 0.2) is 0 Å². The number of piperidine rings is 1. The molecule has 1 fully saturated rings. The summed E-state index contributed by atoms with van der Waals surface area (Å²) in [5.74, 6) is 1.28. The molecule has 1 heterocycles. The Morgan fingerprint density at radius 1 is 1.33 bits per heavy atom. The van der Waals surface area contributed by atoms with Gasteiger partial charge in [-0.25, -0.2) is 4.39 Å². The van der Waals surface area contributed by atoms with E-state index in [4.69, 9.17) is 0 Å². The third-order valence-corrected chi connectivity index (χ3v) is 4.85. The van der Waals surface area contributed by atoms with Gasteiger partial charge in [0.1, 0.15) is 5.82 Å². The van der Waals surface area contributed by atoms with E-state index < -0.39 is 0 Å². The van der Waals surface area contributed by atoms with Crippen LogP contribution in [0.5, 0.6) is 0 Å². The highest BCUT2D eigenvalue weighted by Crippen LogP contribution is 2.30. The lowest BCUT2D eigenvalue weighted by molar-refractivity contribution is 0.322. The van der Waals surface area contributed by atoms with Crippen molar-refractivity contribution in [1.29, 1.82) is 0 Å². The van der Waals surface area contributed by atoms with E-state index in [1.54, 1.807) is 6.07 Å². The minimum atomic E-state index is -0.0839. The quantitative estimate of drug-likeness (QED) is 0.867. The van der Waals surface area contributed by atoms with E-state index in [1.807, 2.05) is 6.07 Å². The van der Waals surface area contributed by atoms with Crippen LogP contribution < -0.4 is 10.2 Å². The molecule has 1 aliphatic rings. The number of hydrogen-bond donors (Lipinski definition) is 1. The largest absolute Gasteiger partial charge is 0.369 e. The molecule has 118 valence electrons. The van der Waals surface area contributed by atoms with Crippen molar-refractivity contribution in [3.63, 3.8) is 0 Å². The fraction of sp³-hybridized carbons (Fsp3) is 0.667. The van der Waals surface area contributed by atoms with Gasteiger partial charge in [0.05, 0.1) is 5.69 Å². The molecule has 0 saturated carbocycles. The van der Waals surface area contributed by atoms with Gasteiger partial charge in [0.2, 0.25) is 0 Å². The monoisotopic (exact) mass is 292 g/mol. The zero-order chi connectivity index (χ0) is 15.4. The summed E-state index contributed by atoms with van der Waals surface area (Å²) in [7, 11) is 0. The van der Waals surface area contributed by atoms with Crippen molar-refractivity contribution < 1.29 is 4.39 Å². The maximum absolute atomic E-state index is 14.5. The van der Waals surface area contributed by atoms with Gasteiger partial charge in [-0.05, 0) is 55.8 Å². The molecule has 1 aromatic carbocycles. The van der Waals surface area contributed by atoms with Crippen LogP contribution in [0.3, 0.4) is 0 Å². The third-order valence-electron chi connectivity index (χ3n) is 4.85. The van der Waals surface area contributed by atoms with Crippen molar-refractivity contribution in [1.82, 2.24) is 5.32 Å². The summed E-state index contributed by atoms with van der Waals surface area (Å²) < 4.78 is 14.5. The number of nitrogens with one attached hydrogen (secondary N) is 1. The molecule has 0 aliphatic carbocycles. The van der Waals surface area contributed by atoms with Gasteiger partial charge < -0.3 is 10.2 Å². The SMILES string of the molecule is CCCNC(C)c1ccc(N2CCC(C)C(C)C2)c(F)c1. The van der Waals surface area contributed by atoms with Gasteiger partial charge in [-0.2, -0.15) is 0 Å². The lowest BCUT2D eigenvalue weighted by Crippen LogP contribution is -2.38. The van der Waals surface area contributed by atoms with E-state index in [1.165, 1.54) is 0 Å². The van der Waals surface area contributed by atoms with Crippen LogP contribution in [0.1, 0.15) is 52.1 Å². The predicted octanol–water partition coefficient (Wildman–Crippen LogP) is 4.37. The molecule has 3 atom stereocenters. The Kier molecular flexibility index (Phi) is 5.63. The van der Waals surface area contributed by atoms with E-state index in [0.29, 0.717) is 5.92 Å². The van der Waals surface area contributed by atoms with Crippen LogP contribution in [0.25, 0.3) is 0 Å². The highest BCUT2D eigenvalue weighted by atomic mass is 19.1. The Morgan fingerprint density at radius 3 is 2.71 bits per heavy atom. The summed E-state index contributed by atoms with van der Waals surface area (Å²) in [6, 6.07) is 5.92. The molecule has 1 N–H and O–H groups in total. The Balaban J connectivity index is 2.08. The van der Waals surface area contributed by atoms with Crippen molar-refractivity contribution in [3.8, 4) is 0 Å². The third kappa shape index (κ3) is 3.97. The van der Waals surface area contributed by atoms with Gasteiger partial charge >= 0.3 is 0 Å². The molecule has 0 amide bonds. The number of nitrogens with zero attached hydrogens (tertiary/aromatic N) is 1. The highest BCUT2D eigenvalue weighted by molar-refractivity contribution is 5.50. The van der Waals surface area contributed by atoms with E-state index in [9.17, 15) is 4.39 Å². The van der Waals surface area contributed by atoms with Gasteiger partial charge in [-0.3, -0.25) is 0 Å². The zero-order valence-corrected chi connectivity index (χ0v) is 13.8. The van der Waals surface area contributed by atoms with Crippen LogP contribution in [0.15, 0.2) is 18.2 Å². The zero-order valence-electron chi connectivity index (χ0n) is 13.8. The van der Waals surface area contributed by atoms with E-state index in [0.717, 1.165) is 49.6 Å². The second-order valence-corrected chi connectivity index (χ2v) is 6.58. The minimum Gasteiger partial charge on any atom is -0.369 e. The molecule has 1 saturated heterocycles. The molecule has 3 heteroatoms. The van der Waals surface area contributed by atoms with E-state index in [2.05, 4.69) is 44.0 Å². The van der Waals surface area contributed by atoms with Crippen LogP contribution in [0.4, 0.5) is 10.1 Å². The van der Waals surface area contributed by atoms with Gasteiger partial charge in [0, 0.05) is 19.1 Å². The molecule has 1 aliphatic heterocycles. The summed E-state index contributed by atoms with van der Waals surface area (Å²) in [5, 5.41) is 3.41. The molecule has 21 heavy (non-hydrogen) atoms. The van der Waals surface area contributed by atoms with Crippen LogP contribution in [-0.4, -0.2) is 19.6 Å². The number of halogens is 1. The maximum atomic E-state index is 14.5. The smallest absolute Gasteiger partial charge is 0.146 e. The molecule has 2 rings (SSSR count). The first-order valence-electron chi connectivity index (χ1n) is 8.30. The van der Waals surface area contributed by atoms with Crippen LogP contribution >= 0.6 is 0 Å². The topological polar surface area (TPSA) is 15.3 Å². The highest BCUT2D eigenvalue weighted by Gasteiger charge is 2.24. The number of anilines is 1. The van der Waals surface area contributed by atoms with E-state index in [-0.39, 0.29) is 11.9 Å². The Labute approximate surface area is 128 Å². The average Bonchev–Trinajstić information content (AvgIpc) is 2.47. The standard InChI is InChI=1S/C18H29FN2/c1-5-9-20-15(4)16-6-7-18(17(19)11-16)21-10-8-13(2)14(3)12-21/h6-7,11,13-15,20H,5,8-10,12H2,1-4H3. The van der Waals surface area contributed by atoms with Gasteiger partial charge in [-0.15, -0.1) is 0 Å². The number of hydrogen-bond acceptors (Lipinski definition) is 2. The number of benzene rings is 1. The summed E-state index contributed by atoms with van der Waals surface area (Å²) in [5.41, 5.74) is 1.79. The average molecular weight is 292 g/mol. The van der Waals surface area contributed by atoms with E-state index >= 15 is 0 Å². The molecule has 3 unspecified atom stereocenters. The Morgan fingerprint density at radius 2 is 2.10 bits per heavy atom. The molecule has 2 nitrogen and oxygen atoms in total. The first-order chi connectivity index (χ1) is 10.0. The lowest BCUT2D eigenvalue weighted by atomic mass is 9.88. The van der Waals surface area contributed by atoms with Gasteiger partial charge in [-0.1, -0.05) is 26.8 Å². The lowest BCUT2D eigenvalue weighted by Gasteiger charge is -2.37. The van der Waals surface area contributed by atoms with Crippen LogP contribution in [0, 0.1) is 17.7 Å². The fourth-order valence-corrected chi connectivity index (χ4v) is 3.01. The van der Waals surface area contributed by atoms with Crippen molar-refractivity contribution in [2.24, 2.45) is 11.8 Å². The van der Waals surface area contributed by atoms with Gasteiger partial charge in [0.25, 0.3) is 0 Å². The summed E-state index contributed by atoms with van der Waals surface area (Å²) in [6.07, 6.45) is 2.24. The second-order valence-electron chi connectivity index (χ2n) is 6.58. The van der Waals surface area contributed by atoms with Crippen LogP contribution in [0.2, 0.25) is 0 Å². The first kappa shape index (κ1) is 16.3. The maximum Gasteiger partial charge on any atom is 0.146 e. The Bertz CT molecular complexity index is 461. The molecule has 0 spiro atoms. The summed E-state index contributed by atoms with van der Waals surface area (Å²) in [4.78, 5) is 2.20. The van der Waals surface area contributed by atoms with Crippen molar-refractivity contribution in [2.75, 3.05) is 24.5 Å². The molecule has 1 aromatic rings. The molecular formula is C18H29FN2. The van der Waals surface area contributed by atoms with Crippen molar-refractivity contribution in [3.05, 3.63) is 29.6 Å². The molecular weight excluding hydrogens is 263 g/mol. The Hall–Kier alpha value is -1.09. The summed E-state index contributed by atoms with van der Waals surface area (Å²) >= 11 is 0. The minimum absolute atomic E-state index is 0.0839. The number of rotatable bonds is 5. The fourth-order valence-electron chi connectivity index (χ4n) is 3.01. The normalized spacial score (nSPS) is 24.1. The molecule has 0 bridgehead atoms. The first-order valence-corrected chi connectivity index (χ1v) is 8.30. The van der Waals surface area contributed by atoms with Crippen LogP contribution in [-0.2, 0) is 0 Å². The molecule has 0 radical (unpaired) electrons. The molecule has 0 aromatic heterocycles. The van der Waals surface area contributed by atoms with Crippen molar-refractivity contribution >= 4 is 5.69 Å². The second kappa shape index (κ2) is 7.26. The van der Waals surface area contributed by atoms with Crippen molar-refractivity contribution in [2.45, 2.75) is 46.6 Å².